The van der Waals surface area contributed by atoms with E-state index in [-0.39, 0.29) is 5.41 Å². The second-order valence-electron chi connectivity index (χ2n) is 5.07. The van der Waals surface area contributed by atoms with E-state index in [1.807, 2.05) is 19.3 Å². The highest BCUT2D eigenvalue weighted by atomic mass is 15.3. The maximum Gasteiger partial charge on any atom is 0.178 e. The maximum atomic E-state index is 5.96. The van der Waals surface area contributed by atoms with Gasteiger partial charge in [-0.3, -0.25) is 0 Å². The molecule has 0 atom stereocenters. The van der Waals surface area contributed by atoms with Crippen LogP contribution in [0.25, 0.3) is 5.65 Å². The lowest BCUT2D eigenvalue weighted by molar-refractivity contribution is 0.581. The highest BCUT2D eigenvalue weighted by Crippen LogP contribution is 2.23. The molecule has 2 N–H and O–H groups in total. The quantitative estimate of drug-likeness (QED) is 0.798. The maximum absolute atomic E-state index is 5.96. The fourth-order valence-electron chi connectivity index (χ4n) is 1.65. The van der Waals surface area contributed by atoms with Crippen molar-refractivity contribution in [2.75, 3.05) is 5.73 Å². The van der Waals surface area contributed by atoms with Crippen LogP contribution < -0.4 is 5.73 Å². The summed E-state index contributed by atoms with van der Waals surface area (Å²) in [6.45, 7) is 8.51. The number of anilines is 1. The van der Waals surface area contributed by atoms with Gasteiger partial charge in [0.05, 0.1) is 5.69 Å². The lowest BCUT2D eigenvalue weighted by Gasteiger charge is -2.17. The van der Waals surface area contributed by atoms with Crippen molar-refractivity contribution in [3.8, 4) is 0 Å². The Balaban J connectivity index is 2.64. The standard InChI is InChI=1S/C12H18N4/c1-5-9-10(13)11-14-6-8(12(2,3)4)7-16(11)15-9/h6-7H,5,13H2,1-4H3. The molecule has 0 aliphatic heterocycles. The summed E-state index contributed by atoms with van der Waals surface area (Å²) in [5.74, 6) is 0. The molecule has 0 unspecified atom stereocenters. The summed E-state index contributed by atoms with van der Waals surface area (Å²) >= 11 is 0. The summed E-state index contributed by atoms with van der Waals surface area (Å²) in [5.41, 5.74) is 9.57. The molecule has 0 fully saturated rings. The summed E-state index contributed by atoms with van der Waals surface area (Å²) < 4.78 is 1.79. The van der Waals surface area contributed by atoms with Crippen molar-refractivity contribution in [1.82, 2.24) is 14.6 Å². The van der Waals surface area contributed by atoms with Crippen LogP contribution in [0.15, 0.2) is 12.4 Å². The van der Waals surface area contributed by atoms with Crippen LogP contribution in [0.3, 0.4) is 0 Å². The third-order valence-corrected chi connectivity index (χ3v) is 2.79. The van der Waals surface area contributed by atoms with E-state index in [0.29, 0.717) is 5.69 Å². The highest BCUT2D eigenvalue weighted by molar-refractivity contribution is 5.67. The smallest absolute Gasteiger partial charge is 0.178 e. The molecule has 0 saturated heterocycles. The minimum atomic E-state index is 0.0777. The van der Waals surface area contributed by atoms with E-state index >= 15 is 0 Å². The number of nitrogen functional groups attached to an aromatic ring is 1. The zero-order valence-corrected chi connectivity index (χ0v) is 10.3. The molecule has 0 amide bonds. The molecule has 0 spiro atoms. The van der Waals surface area contributed by atoms with Crippen molar-refractivity contribution in [3.63, 3.8) is 0 Å². The summed E-state index contributed by atoms with van der Waals surface area (Å²) in [6, 6.07) is 0. The van der Waals surface area contributed by atoms with Crippen LogP contribution in [0.2, 0.25) is 0 Å². The second kappa shape index (κ2) is 3.47. The van der Waals surface area contributed by atoms with Crippen molar-refractivity contribution < 1.29 is 0 Å². The Bertz CT molecular complexity index is 520. The van der Waals surface area contributed by atoms with Crippen LogP contribution in [-0.4, -0.2) is 14.6 Å². The summed E-state index contributed by atoms with van der Waals surface area (Å²) in [6.07, 6.45) is 4.73. The van der Waals surface area contributed by atoms with Crippen molar-refractivity contribution in [2.24, 2.45) is 0 Å². The van der Waals surface area contributed by atoms with Crippen LogP contribution in [0.4, 0.5) is 5.69 Å². The van der Waals surface area contributed by atoms with Gasteiger partial charge in [-0.05, 0) is 17.4 Å². The third kappa shape index (κ3) is 1.64. The van der Waals surface area contributed by atoms with Gasteiger partial charge in [-0.2, -0.15) is 5.10 Å². The highest BCUT2D eigenvalue weighted by Gasteiger charge is 2.16. The number of fused-ring (bicyclic) bond motifs is 1. The SMILES string of the molecule is CCc1nn2cc(C(C)(C)C)cnc2c1N. The van der Waals surface area contributed by atoms with Gasteiger partial charge in [-0.1, -0.05) is 27.7 Å². The van der Waals surface area contributed by atoms with E-state index in [0.717, 1.165) is 23.3 Å². The first-order chi connectivity index (χ1) is 7.43. The Morgan fingerprint density at radius 3 is 2.62 bits per heavy atom. The van der Waals surface area contributed by atoms with E-state index < -0.39 is 0 Å². The Kier molecular flexibility index (Phi) is 2.37. The molecule has 16 heavy (non-hydrogen) atoms. The van der Waals surface area contributed by atoms with Gasteiger partial charge in [-0.25, -0.2) is 9.50 Å². The first-order valence-corrected chi connectivity index (χ1v) is 5.56. The van der Waals surface area contributed by atoms with Crippen molar-refractivity contribution >= 4 is 11.3 Å². The monoisotopic (exact) mass is 218 g/mol. The normalized spacial score (nSPS) is 12.2. The van der Waals surface area contributed by atoms with Gasteiger partial charge in [0.15, 0.2) is 5.65 Å². The average Bonchev–Trinajstić information content (AvgIpc) is 2.54. The minimum Gasteiger partial charge on any atom is -0.394 e. The minimum absolute atomic E-state index is 0.0777. The summed E-state index contributed by atoms with van der Waals surface area (Å²) in [7, 11) is 0. The average molecular weight is 218 g/mol. The molecule has 2 rings (SSSR count). The lowest BCUT2D eigenvalue weighted by atomic mass is 9.89. The molecule has 0 aliphatic rings. The first-order valence-electron chi connectivity index (χ1n) is 5.56. The zero-order chi connectivity index (χ0) is 11.9. The van der Waals surface area contributed by atoms with Gasteiger partial charge in [-0.15, -0.1) is 0 Å². The molecular weight excluding hydrogens is 200 g/mol. The van der Waals surface area contributed by atoms with Gasteiger partial charge in [0.1, 0.15) is 5.69 Å². The molecule has 4 heteroatoms. The predicted molar refractivity (Wildman–Crippen MR) is 65.5 cm³/mol. The van der Waals surface area contributed by atoms with Crippen LogP contribution in [-0.2, 0) is 11.8 Å². The molecule has 0 radical (unpaired) electrons. The Morgan fingerprint density at radius 1 is 1.38 bits per heavy atom. The fourth-order valence-corrected chi connectivity index (χ4v) is 1.65. The summed E-state index contributed by atoms with van der Waals surface area (Å²) in [4.78, 5) is 4.39. The molecule has 0 aliphatic carbocycles. The third-order valence-electron chi connectivity index (χ3n) is 2.79. The van der Waals surface area contributed by atoms with E-state index in [2.05, 4.69) is 30.9 Å². The van der Waals surface area contributed by atoms with Gasteiger partial charge < -0.3 is 5.73 Å². The van der Waals surface area contributed by atoms with Gasteiger partial charge in [0, 0.05) is 12.4 Å². The van der Waals surface area contributed by atoms with Gasteiger partial charge >= 0.3 is 0 Å². The molecule has 0 aromatic carbocycles. The van der Waals surface area contributed by atoms with Crippen molar-refractivity contribution in [1.29, 1.82) is 0 Å². The van der Waals surface area contributed by atoms with E-state index in [4.69, 9.17) is 5.73 Å². The summed E-state index contributed by atoms with van der Waals surface area (Å²) in [5, 5.41) is 4.43. The molecule has 2 aromatic rings. The number of hydrogen-bond donors (Lipinski definition) is 1. The van der Waals surface area contributed by atoms with Crippen LogP contribution in [0, 0.1) is 0 Å². The Labute approximate surface area is 95.5 Å². The van der Waals surface area contributed by atoms with Gasteiger partial charge in [0.25, 0.3) is 0 Å². The Morgan fingerprint density at radius 2 is 2.06 bits per heavy atom. The molecule has 0 saturated carbocycles. The lowest BCUT2D eigenvalue weighted by Crippen LogP contribution is -2.13. The van der Waals surface area contributed by atoms with Crippen LogP contribution in [0.5, 0.6) is 0 Å². The topological polar surface area (TPSA) is 56.2 Å². The largest absolute Gasteiger partial charge is 0.394 e. The number of aromatic nitrogens is 3. The van der Waals surface area contributed by atoms with E-state index in [1.165, 1.54) is 0 Å². The molecular formula is C12H18N4. The predicted octanol–water partition coefficient (Wildman–Crippen LogP) is 2.17. The van der Waals surface area contributed by atoms with E-state index in [9.17, 15) is 0 Å². The number of aryl methyl sites for hydroxylation is 1. The van der Waals surface area contributed by atoms with Gasteiger partial charge in [0.2, 0.25) is 0 Å². The number of hydrogen-bond acceptors (Lipinski definition) is 3. The fraction of sp³-hybridized carbons (Fsp3) is 0.500. The number of nitrogens with two attached hydrogens (primary N) is 1. The van der Waals surface area contributed by atoms with Crippen LogP contribution >= 0.6 is 0 Å². The zero-order valence-electron chi connectivity index (χ0n) is 10.3. The second-order valence-corrected chi connectivity index (χ2v) is 5.07. The van der Waals surface area contributed by atoms with Crippen molar-refractivity contribution in [3.05, 3.63) is 23.7 Å². The molecule has 4 nitrogen and oxygen atoms in total. The molecule has 2 aromatic heterocycles. The van der Waals surface area contributed by atoms with E-state index in [1.54, 1.807) is 4.52 Å². The molecule has 86 valence electrons. The number of nitrogens with zero attached hydrogens (tertiary/aromatic N) is 3. The first kappa shape index (κ1) is 10.9. The molecule has 2 heterocycles. The van der Waals surface area contributed by atoms with Crippen molar-refractivity contribution in [2.45, 2.75) is 39.5 Å². The number of rotatable bonds is 1. The Hall–Kier alpha value is -1.58. The van der Waals surface area contributed by atoms with Crippen LogP contribution in [0.1, 0.15) is 39.0 Å². The molecule has 0 bridgehead atoms.